The Balaban J connectivity index is 1.53. The number of benzene rings is 1. The van der Waals surface area contributed by atoms with Crippen molar-refractivity contribution < 1.29 is 36.9 Å². The third-order valence-corrected chi connectivity index (χ3v) is 7.26. The van der Waals surface area contributed by atoms with Crippen LogP contribution in [-0.2, 0) is 37.0 Å². The molecule has 1 atom stereocenters. The summed E-state index contributed by atoms with van der Waals surface area (Å²) >= 11 is 6.59. The lowest BCUT2D eigenvalue weighted by atomic mass is 9.94. The Kier molecular flexibility index (Phi) is 7.25. The minimum absolute atomic E-state index is 0.0332. The van der Waals surface area contributed by atoms with Crippen LogP contribution in [0.2, 0.25) is 5.02 Å². The molecule has 40 heavy (non-hydrogen) atoms. The Bertz CT molecular complexity index is 1480. The summed E-state index contributed by atoms with van der Waals surface area (Å²) in [6, 6.07) is 1.25. The molecule has 5 rings (SSSR count). The van der Waals surface area contributed by atoms with E-state index in [1.807, 2.05) is 4.90 Å². The highest BCUT2D eigenvalue weighted by molar-refractivity contribution is 6.34. The van der Waals surface area contributed by atoms with Crippen molar-refractivity contribution in [1.82, 2.24) is 24.6 Å². The van der Waals surface area contributed by atoms with Crippen molar-refractivity contribution in [2.24, 2.45) is 0 Å². The average Bonchev–Trinajstić information content (AvgIpc) is 3.07. The van der Waals surface area contributed by atoms with Gasteiger partial charge in [0.25, 0.3) is 5.91 Å². The van der Waals surface area contributed by atoms with Crippen molar-refractivity contribution in [1.29, 1.82) is 0 Å². The summed E-state index contributed by atoms with van der Waals surface area (Å²) in [5, 5.41) is 14.4. The van der Waals surface area contributed by atoms with Crippen molar-refractivity contribution in [3.63, 3.8) is 0 Å². The van der Waals surface area contributed by atoms with Gasteiger partial charge in [0.1, 0.15) is 5.82 Å². The summed E-state index contributed by atoms with van der Waals surface area (Å²) in [4.78, 5) is 24.7. The number of hydrogen-bond acceptors (Lipinski definition) is 8. The molecule has 2 aliphatic heterocycles. The van der Waals surface area contributed by atoms with Crippen LogP contribution in [0.5, 0.6) is 11.8 Å². The molecule has 1 N–H and O–H groups in total. The molecule has 0 saturated carbocycles. The van der Waals surface area contributed by atoms with E-state index in [0.717, 1.165) is 0 Å². The first-order valence-electron chi connectivity index (χ1n) is 12.3. The number of aromatic nitrogens is 4. The maximum atomic E-state index is 14.9. The van der Waals surface area contributed by atoms with Gasteiger partial charge in [-0.3, -0.25) is 9.48 Å². The number of hydrogen-bond donors (Lipinski definition) is 1. The minimum Gasteiger partial charge on any atom is -0.505 e. The van der Waals surface area contributed by atoms with Crippen LogP contribution in [0.3, 0.4) is 0 Å². The number of carbonyl (C=O) groups excluding carboxylic acids is 1. The number of amides is 1. The second-order valence-corrected chi connectivity index (χ2v) is 10.0. The lowest BCUT2D eigenvalue weighted by molar-refractivity contribution is -0.140. The van der Waals surface area contributed by atoms with E-state index in [0.29, 0.717) is 54.4 Å². The lowest BCUT2D eigenvalue weighted by Gasteiger charge is -2.31. The molecule has 15 heteroatoms. The van der Waals surface area contributed by atoms with Crippen LogP contribution < -0.4 is 9.64 Å². The highest BCUT2D eigenvalue weighted by Crippen LogP contribution is 2.43. The van der Waals surface area contributed by atoms with E-state index in [1.165, 1.54) is 12.0 Å². The number of aryl methyl sites for hydroxylation is 1. The zero-order valence-corrected chi connectivity index (χ0v) is 22.5. The van der Waals surface area contributed by atoms with Crippen LogP contribution in [0.15, 0.2) is 12.1 Å². The molecular formula is C25H25ClF4N6O4. The Hall–Kier alpha value is -3.65. The number of anilines is 1. The van der Waals surface area contributed by atoms with Gasteiger partial charge < -0.3 is 24.4 Å². The molecular weight excluding hydrogens is 560 g/mol. The maximum Gasteiger partial charge on any atom is 0.416 e. The number of carbonyl (C=O) groups is 1. The molecule has 0 saturated heterocycles. The first-order valence-corrected chi connectivity index (χ1v) is 12.6. The lowest BCUT2D eigenvalue weighted by Crippen LogP contribution is -2.29. The largest absolute Gasteiger partial charge is 0.505 e. The number of halogens is 5. The summed E-state index contributed by atoms with van der Waals surface area (Å²) in [5.41, 5.74) is -0.481. The topological polar surface area (TPSA) is 106 Å². The molecule has 0 spiro atoms. The van der Waals surface area contributed by atoms with Gasteiger partial charge in [-0.15, -0.1) is 0 Å². The van der Waals surface area contributed by atoms with E-state index in [1.54, 1.807) is 18.8 Å². The molecule has 0 radical (unpaired) electrons. The van der Waals surface area contributed by atoms with Gasteiger partial charge in [0.15, 0.2) is 17.3 Å². The Morgan fingerprint density at radius 3 is 2.67 bits per heavy atom. The normalized spacial score (nSPS) is 17.2. The van der Waals surface area contributed by atoms with E-state index in [4.69, 9.17) is 21.1 Å². The number of methoxy groups -OCH3 is 1. The fraction of sp³-hybridized carbons (Fsp3) is 0.440. The van der Waals surface area contributed by atoms with Gasteiger partial charge in [-0.05, 0) is 18.6 Å². The molecule has 1 unspecified atom stereocenters. The third-order valence-electron chi connectivity index (χ3n) is 6.87. The zero-order valence-electron chi connectivity index (χ0n) is 21.7. The summed E-state index contributed by atoms with van der Waals surface area (Å²) in [5.74, 6) is -2.24. The summed E-state index contributed by atoms with van der Waals surface area (Å²) in [6.07, 6.45) is -5.85. The fourth-order valence-corrected chi connectivity index (χ4v) is 5.20. The number of rotatable bonds is 4. The molecule has 2 aliphatic rings. The maximum absolute atomic E-state index is 14.9. The molecule has 1 aromatic carbocycles. The van der Waals surface area contributed by atoms with Gasteiger partial charge in [0.05, 0.1) is 48.3 Å². The average molecular weight is 585 g/mol. The monoisotopic (exact) mass is 584 g/mol. The molecule has 0 aliphatic carbocycles. The quantitative estimate of drug-likeness (QED) is 0.457. The smallest absolute Gasteiger partial charge is 0.416 e. The van der Waals surface area contributed by atoms with Crippen molar-refractivity contribution in [2.75, 3.05) is 32.6 Å². The van der Waals surface area contributed by atoms with Crippen LogP contribution in [0.25, 0.3) is 0 Å². The summed E-state index contributed by atoms with van der Waals surface area (Å²) < 4.78 is 68.8. The molecule has 1 amide bonds. The van der Waals surface area contributed by atoms with Crippen LogP contribution in [0, 0.1) is 5.82 Å². The van der Waals surface area contributed by atoms with Crippen molar-refractivity contribution in [2.45, 2.75) is 44.8 Å². The van der Waals surface area contributed by atoms with Gasteiger partial charge in [0, 0.05) is 44.7 Å². The third kappa shape index (κ3) is 4.89. The molecule has 214 valence electrons. The SMILES string of the molecule is COc1nc2c(c(N3CCCn4nc(C(=O)N(C)C)c(Cl)c4C3)n1)COC(c1c(C(F)(F)F)ccc(O)c1F)C2. The number of ether oxygens (including phenoxy) is 2. The van der Waals surface area contributed by atoms with Crippen molar-refractivity contribution >= 4 is 23.3 Å². The van der Waals surface area contributed by atoms with Crippen molar-refractivity contribution in [3.8, 4) is 11.8 Å². The number of alkyl halides is 3. The van der Waals surface area contributed by atoms with Crippen LogP contribution >= 0.6 is 11.6 Å². The highest BCUT2D eigenvalue weighted by Gasteiger charge is 2.40. The van der Waals surface area contributed by atoms with Gasteiger partial charge in [-0.1, -0.05) is 11.6 Å². The summed E-state index contributed by atoms with van der Waals surface area (Å²) in [7, 11) is 4.55. The van der Waals surface area contributed by atoms with E-state index >= 15 is 0 Å². The van der Waals surface area contributed by atoms with Gasteiger partial charge in [0.2, 0.25) is 0 Å². The van der Waals surface area contributed by atoms with E-state index < -0.39 is 35.0 Å². The number of aromatic hydroxyl groups is 1. The molecule has 2 aromatic heterocycles. The Morgan fingerprint density at radius 1 is 1.25 bits per heavy atom. The highest BCUT2D eigenvalue weighted by atomic mass is 35.5. The Labute approximate surface area is 231 Å². The van der Waals surface area contributed by atoms with Gasteiger partial charge >= 0.3 is 12.2 Å². The van der Waals surface area contributed by atoms with Crippen LogP contribution in [0.1, 0.15) is 51.1 Å². The van der Waals surface area contributed by atoms with Crippen molar-refractivity contribution in [3.05, 3.63) is 56.7 Å². The van der Waals surface area contributed by atoms with E-state index in [-0.39, 0.29) is 42.2 Å². The van der Waals surface area contributed by atoms with Crippen LogP contribution in [0.4, 0.5) is 23.4 Å². The van der Waals surface area contributed by atoms with E-state index in [9.17, 15) is 27.5 Å². The van der Waals surface area contributed by atoms with Gasteiger partial charge in [-0.25, -0.2) is 4.39 Å². The predicted octanol–water partition coefficient (Wildman–Crippen LogP) is 4.12. The number of phenols is 1. The molecule has 0 bridgehead atoms. The fourth-order valence-electron chi connectivity index (χ4n) is 4.92. The summed E-state index contributed by atoms with van der Waals surface area (Å²) in [6.45, 7) is 1.000. The predicted molar refractivity (Wildman–Crippen MR) is 134 cm³/mol. The number of fused-ring (bicyclic) bond motifs is 2. The second-order valence-electron chi connectivity index (χ2n) is 9.63. The Morgan fingerprint density at radius 2 is 2.00 bits per heavy atom. The first-order chi connectivity index (χ1) is 18.9. The molecule has 3 aromatic rings. The first kappa shape index (κ1) is 27.9. The second kappa shape index (κ2) is 10.4. The molecule has 0 fully saturated rings. The van der Waals surface area contributed by atoms with E-state index in [2.05, 4.69) is 15.1 Å². The zero-order chi connectivity index (χ0) is 28.9. The number of phenolic OH excluding ortho intramolecular Hbond substituents is 1. The molecule has 10 nitrogen and oxygen atoms in total. The standard InChI is InChI=1S/C25H25ClF4N6O4/c1-34(2)23(38)21-19(26)15-10-35(7-4-8-36(15)33-21)22-12-11-40-17(9-14(12)31-24(32-22)39-3)18-13(25(28,29)30)5-6-16(37)20(18)27/h5-6,17,37H,4,7-11H2,1-3H3. The molecule has 4 heterocycles. The van der Waals surface area contributed by atoms with Gasteiger partial charge in [-0.2, -0.15) is 28.2 Å². The minimum atomic E-state index is -4.87. The van der Waals surface area contributed by atoms with Crippen LogP contribution in [-0.4, -0.2) is 63.4 Å². The number of nitrogens with zero attached hydrogens (tertiary/aromatic N) is 6.